The molecule has 0 radical (unpaired) electrons. The molecule has 1 aromatic carbocycles. The fourth-order valence-electron chi connectivity index (χ4n) is 1.81. The van der Waals surface area contributed by atoms with Crippen molar-refractivity contribution in [3.63, 3.8) is 0 Å². The van der Waals surface area contributed by atoms with Gasteiger partial charge in [-0.15, -0.1) is 10.2 Å². The molecule has 0 aliphatic rings. The number of non-ortho nitro benzene ring substituents is 1. The quantitative estimate of drug-likeness (QED) is 0.471. The van der Waals surface area contributed by atoms with Crippen LogP contribution in [0.15, 0.2) is 22.6 Å². The molecule has 0 fully saturated rings. The molecule has 0 spiro atoms. The second-order valence-corrected chi connectivity index (χ2v) is 4.25. The third kappa shape index (κ3) is 3.54. The van der Waals surface area contributed by atoms with Gasteiger partial charge in [-0.2, -0.15) is 0 Å². The zero-order valence-electron chi connectivity index (χ0n) is 11.8. The summed E-state index contributed by atoms with van der Waals surface area (Å²) in [5.74, 6) is 1.12. The van der Waals surface area contributed by atoms with Gasteiger partial charge in [-0.3, -0.25) is 10.1 Å². The van der Waals surface area contributed by atoms with Crippen molar-refractivity contribution in [2.45, 2.75) is 13.3 Å². The summed E-state index contributed by atoms with van der Waals surface area (Å²) in [6, 6.07) is 4.25. The van der Waals surface area contributed by atoms with Crippen LogP contribution in [0.1, 0.15) is 12.8 Å². The van der Waals surface area contributed by atoms with Crippen molar-refractivity contribution in [1.82, 2.24) is 15.5 Å². The molecule has 8 nitrogen and oxygen atoms in total. The lowest BCUT2D eigenvalue weighted by molar-refractivity contribution is -0.384. The molecular weight excluding hydrogens is 276 g/mol. The summed E-state index contributed by atoms with van der Waals surface area (Å²) >= 11 is 0. The normalized spacial score (nSPS) is 10.6. The van der Waals surface area contributed by atoms with E-state index in [1.54, 1.807) is 6.07 Å². The average molecular weight is 292 g/mol. The van der Waals surface area contributed by atoms with E-state index in [2.05, 4.69) is 15.5 Å². The monoisotopic (exact) mass is 292 g/mol. The Hall–Kier alpha value is -2.48. The van der Waals surface area contributed by atoms with Crippen LogP contribution in [-0.2, 0) is 6.42 Å². The smallest absolute Gasteiger partial charge is 0.273 e. The average Bonchev–Trinajstić information content (AvgIpc) is 2.95. The second-order valence-electron chi connectivity index (χ2n) is 4.25. The molecule has 21 heavy (non-hydrogen) atoms. The minimum atomic E-state index is -0.484. The van der Waals surface area contributed by atoms with Gasteiger partial charge < -0.3 is 14.5 Å². The maximum absolute atomic E-state index is 10.8. The van der Waals surface area contributed by atoms with Crippen molar-refractivity contribution in [2.75, 3.05) is 20.2 Å². The number of nitrogens with zero attached hydrogens (tertiary/aromatic N) is 3. The number of ether oxygens (including phenoxy) is 1. The highest BCUT2D eigenvalue weighted by Crippen LogP contribution is 2.32. The van der Waals surface area contributed by atoms with Crippen LogP contribution in [0.2, 0.25) is 0 Å². The van der Waals surface area contributed by atoms with E-state index in [0.29, 0.717) is 23.6 Å². The molecule has 1 heterocycles. The summed E-state index contributed by atoms with van der Waals surface area (Å²) in [6.07, 6.45) is 0.621. The van der Waals surface area contributed by atoms with E-state index in [0.717, 1.165) is 13.1 Å². The van der Waals surface area contributed by atoms with Gasteiger partial charge in [0.1, 0.15) is 5.75 Å². The number of hydrogen-bond donors (Lipinski definition) is 1. The molecule has 2 rings (SSSR count). The zero-order valence-corrected chi connectivity index (χ0v) is 11.8. The maximum Gasteiger partial charge on any atom is 0.273 e. The lowest BCUT2D eigenvalue weighted by Gasteiger charge is -2.04. The summed E-state index contributed by atoms with van der Waals surface area (Å²) < 4.78 is 10.7. The molecule has 1 N–H and O–H groups in total. The molecular formula is C13H16N4O4. The Balaban J connectivity index is 2.23. The highest BCUT2D eigenvalue weighted by Gasteiger charge is 2.17. The van der Waals surface area contributed by atoms with E-state index in [9.17, 15) is 10.1 Å². The second kappa shape index (κ2) is 6.80. The van der Waals surface area contributed by atoms with E-state index < -0.39 is 4.92 Å². The van der Waals surface area contributed by atoms with Crippen LogP contribution >= 0.6 is 0 Å². The first-order valence-electron chi connectivity index (χ1n) is 6.51. The molecule has 0 saturated carbocycles. The van der Waals surface area contributed by atoms with Crippen LogP contribution in [0.4, 0.5) is 5.69 Å². The van der Waals surface area contributed by atoms with Gasteiger partial charge in [-0.25, -0.2) is 0 Å². The van der Waals surface area contributed by atoms with Gasteiger partial charge in [-0.1, -0.05) is 6.92 Å². The Morgan fingerprint density at radius 1 is 1.43 bits per heavy atom. The minimum absolute atomic E-state index is 0.0533. The molecule has 0 aliphatic heterocycles. The summed E-state index contributed by atoms with van der Waals surface area (Å²) in [6.45, 7) is 3.63. The van der Waals surface area contributed by atoms with Crippen molar-refractivity contribution < 1.29 is 14.1 Å². The summed E-state index contributed by atoms with van der Waals surface area (Å²) in [5.41, 5.74) is 0.479. The van der Waals surface area contributed by atoms with Crippen molar-refractivity contribution >= 4 is 5.69 Å². The number of rotatable bonds is 7. The molecule has 8 heteroatoms. The molecule has 112 valence electrons. The Labute approximate surface area is 121 Å². The summed E-state index contributed by atoms with van der Waals surface area (Å²) in [7, 11) is 1.44. The SMILES string of the molecule is CCNCCc1nnc(-c2ccc([N+](=O)[O-])cc2OC)o1. The first-order chi connectivity index (χ1) is 10.2. The van der Waals surface area contributed by atoms with Crippen molar-refractivity contribution in [3.8, 4) is 17.2 Å². The molecule has 0 aliphatic carbocycles. The zero-order chi connectivity index (χ0) is 15.2. The Morgan fingerprint density at radius 3 is 2.90 bits per heavy atom. The number of nitro groups is 1. The fraction of sp³-hybridized carbons (Fsp3) is 0.385. The molecule has 0 amide bonds. The molecule has 2 aromatic rings. The van der Waals surface area contributed by atoms with Crippen LogP contribution in [0, 0.1) is 10.1 Å². The lowest BCUT2D eigenvalue weighted by atomic mass is 10.2. The van der Waals surface area contributed by atoms with E-state index in [1.165, 1.54) is 19.2 Å². The topological polar surface area (TPSA) is 103 Å². The Bertz CT molecular complexity index is 626. The minimum Gasteiger partial charge on any atom is -0.496 e. The summed E-state index contributed by atoms with van der Waals surface area (Å²) in [4.78, 5) is 10.3. The maximum atomic E-state index is 10.8. The number of nitro benzene ring substituents is 1. The van der Waals surface area contributed by atoms with E-state index in [4.69, 9.17) is 9.15 Å². The Morgan fingerprint density at radius 2 is 2.24 bits per heavy atom. The number of aromatic nitrogens is 2. The van der Waals surface area contributed by atoms with Crippen molar-refractivity contribution in [2.24, 2.45) is 0 Å². The molecule has 0 saturated heterocycles. The van der Waals surface area contributed by atoms with Gasteiger partial charge in [0.2, 0.25) is 5.89 Å². The third-order valence-corrected chi connectivity index (χ3v) is 2.86. The van der Waals surface area contributed by atoms with Crippen LogP contribution in [-0.4, -0.2) is 35.3 Å². The fourth-order valence-corrected chi connectivity index (χ4v) is 1.81. The van der Waals surface area contributed by atoms with E-state index in [-0.39, 0.29) is 11.6 Å². The lowest BCUT2D eigenvalue weighted by Crippen LogP contribution is -2.16. The largest absolute Gasteiger partial charge is 0.496 e. The van der Waals surface area contributed by atoms with Crippen LogP contribution in [0.25, 0.3) is 11.5 Å². The van der Waals surface area contributed by atoms with Crippen LogP contribution in [0.3, 0.4) is 0 Å². The van der Waals surface area contributed by atoms with Crippen LogP contribution in [0.5, 0.6) is 5.75 Å². The van der Waals surface area contributed by atoms with Crippen molar-refractivity contribution in [3.05, 3.63) is 34.2 Å². The Kier molecular flexibility index (Phi) is 4.83. The van der Waals surface area contributed by atoms with Gasteiger partial charge in [0.05, 0.1) is 23.7 Å². The third-order valence-electron chi connectivity index (χ3n) is 2.86. The van der Waals surface area contributed by atoms with Gasteiger partial charge >= 0.3 is 0 Å². The first kappa shape index (κ1) is 14.9. The molecule has 1 aromatic heterocycles. The van der Waals surface area contributed by atoms with Gasteiger partial charge in [-0.05, 0) is 12.6 Å². The number of benzene rings is 1. The number of nitrogens with one attached hydrogen (secondary N) is 1. The van der Waals surface area contributed by atoms with Gasteiger partial charge in [0.25, 0.3) is 11.6 Å². The number of likely N-dealkylation sites (N-methyl/N-ethyl adjacent to an activating group) is 1. The highest BCUT2D eigenvalue weighted by atomic mass is 16.6. The van der Waals surface area contributed by atoms with Gasteiger partial charge in [0.15, 0.2) is 0 Å². The number of hydrogen-bond acceptors (Lipinski definition) is 7. The molecule has 0 atom stereocenters. The van der Waals surface area contributed by atoms with E-state index >= 15 is 0 Å². The predicted octanol–water partition coefficient (Wildman–Crippen LogP) is 1.81. The standard InChI is InChI=1S/C13H16N4O4/c1-3-14-7-6-12-15-16-13(21-12)10-5-4-9(17(18)19)8-11(10)20-2/h4-5,8,14H,3,6-7H2,1-2H3. The highest BCUT2D eigenvalue weighted by molar-refractivity contribution is 5.65. The molecule has 0 bridgehead atoms. The summed E-state index contributed by atoms with van der Waals surface area (Å²) in [5, 5.41) is 21.8. The van der Waals surface area contributed by atoms with Crippen LogP contribution < -0.4 is 10.1 Å². The molecule has 0 unspecified atom stereocenters. The predicted molar refractivity (Wildman–Crippen MR) is 75.2 cm³/mol. The van der Waals surface area contributed by atoms with Crippen molar-refractivity contribution in [1.29, 1.82) is 0 Å². The number of methoxy groups -OCH3 is 1. The van der Waals surface area contributed by atoms with E-state index in [1.807, 2.05) is 6.92 Å². The first-order valence-corrected chi connectivity index (χ1v) is 6.51. The van der Waals surface area contributed by atoms with Gasteiger partial charge in [0, 0.05) is 19.0 Å².